The van der Waals surface area contributed by atoms with Gasteiger partial charge in [0.05, 0.1) is 19.4 Å². The molecule has 4 nitrogen and oxygen atoms in total. The maximum atomic E-state index is 8.98. The molecule has 0 saturated carbocycles. The zero-order chi connectivity index (χ0) is 11.0. The molecule has 4 heteroatoms. The van der Waals surface area contributed by atoms with Gasteiger partial charge in [0.25, 0.3) is 0 Å². The van der Waals surface area contributed by atoms with Gasteiger partial charge in [0.15, 0.2) is 0 Å². The second-order valence-corrected chi connectivity index (χ2v) is 3.63. The fourth-order valence-corrected chi connectivity index (χ4v) is 1.35. The molecule has 2 atom stereocenters. The number of rotatable bonds is 8. The third-order valence-corrected chi connectivity index (χ3v) is 2.40. The minimum Gasteiger partial charge on any atom is -0.395 e. The van der Waals surface area contributed by atoms with Gasteiger partial charge >= 0.3 is 0 Å². The fourth-order valence-electron chi connectivity index (χ4n) is 1.35. The van der Waals surface area contributed by atoms with Gasteiger partial charge in [-0.2, -0.15) is 0 Å². The normalized spacial score (nSPS) is 17.8. The van der Waals surface area contributed by atoms with Crippen molar-refractivity contribution in [2.75, 3.05) is 13.2 Å². The molecule has 0 fully saturated rings. The van der Waals surface area contributed by atoms with E-state index in [0.717, 1.165) is 12.8 Å². The van der Waals surface area contributed by atoms with Crippen molar-refractivity contribution in [2.45, 2.75) is 51.9 Å². The van der Waals surface area contributed by atoms with Crippen molar-refractivity contribution in [3.05, 3.63) is 0 Å². The molecule has 0 aliphatic rings. The topological polar surface area (TPSA) is 64.5 Å². The summed E-state index contributed by atoms with van der Waals surface area (Å²) in [6.45, 7) is 6.36. The summed E-state index contributed by atoms with van der Waals surface area (Å²) >= 11 is 0. The zero-order valence-corrected chi connectivity index (χ0v) is 9.45. The summed E-state index contributed by atoms with van der Waals surface area (Å²) in [5.41, 5.74) is 0. The monoisotopic (exact) mass is 204 g/mol. The number of nitrogens with one attached hydrogen (secondary N) is 2. The summed E-state index contributed by atoms with van der Waals surface area (Å²) in [6, 6.07) is 0.266. The lowest BCUT2D eigenvalue weighted by Gasteiger charge is -2.25. The first kappa shape index (κ1) is 13.8. The van der Waals surface area contributed by atoms with Crippen LogP contribution in [-0.4, -0.2) is 41.7 Å². The van der Waals surface area contributed by atoms with E-state index in [0.29, 0.717) is 0 Å². The molecule has 0 spiro atoms. The SMILES string of the molecule is CCC(CO)NC(C)NC(CC)CO. The Morgan fingerprint density at radius 2 is 1.29 bits per heavy atom. The molecule has 14 heavy (non-hydrogen) atoms. The third-order valence-electron chi connectivity index (χ3n) is 2.40. The summed E-state index contributed by atoms with van der Waals surface area (Å²) < 4.78 is 0. The Bertz CT molecular complexity index is 111. The van der Waals surface area contributed by atoms with E-state index in [1.807, 2.05) is 20.8 Å². The Morgan fingerprint density at radius 1 is 0.929 bits per heavy atom. The largest absolute Gasteiger partial charge is 0.395 e. The van der Waals surface area contributed by atoms with E-state index in [1.54, 1.807) is 0 Å². The highest BCUT2D eigenvalue weighted by molar-refractivity contribution is 4.72. The fraction of sp³-hybridized carbons (Fsp3) is 1.00. The smallest absolute Gasteiger partial charge is 0.0585 e. The predicted molar refractivity (Wildman–Crippen MR) is 58.1 cm³/mol. The van der Waals surface area contributed by atoms with Crippen molar-refractivity contribution in [1.82, 2.24) is 10.6 Å². The summed E-state index contributed by atoms with van der Waals surface area (Å²) in [7, 11) is 0. The Labute approximate surface area is 86.7 Å². The molecule has 0 radical (unpaired) electrons. The van der Waals surface area contributed by atoms with Crippen LogP contribution >= 0.6 is 0 Å². The van der Waals surface area contributed by atoms with Crippen LogP contribution < -0.4 is 10.6 Å². The van der Waals surface area contributed by atoms with Gasteiger partial charge in [-0.1, -0.05) is 13.8 Å². The van der Waals surface area contributed by atoms with Crippen LogP contribution in [0.2, 0.25) is 0 Å². The molecule has 0 aromatic carbocycles. The number of hydrogen-bond donors (Lipinski definition) is 4. The van der Waals surface area contributed by atoms with Crippen molar-refractivity contribution in [3.8, 4) is 0 Å². The Balaban J connectivity index is 3.77. The third kappa shape index (κ3) is 5.54. The highest BCUT2D eigenvalue weighted by Gasteiger charge is 2.12. The van der Waals surface area contributed by atoms with Crippen LogP contribution in [0.15, 0.2) is 0 Å². The van der Waals surface area contributed by atoms with E-state index in [-0.39, 0.29) is 31.5 Å². The van der Waals surface area contributed by atoms with E-state index in [2.05, 4.69) is 10.6 Å². The molecule has 0 aliphatic carbocycles. The van der Waals surface area contributed by atoms with Crippen molar-refractivity contribution < 1.29 is 10.2 Å². The second kappa shape index (κ2) is 8.17. The van der Waals surface area contributed by atoms with Gasteiger partial charge in [-0.25, -0.2) is 0 Å². The first-order chi connectivity index (χ1) is 6.67. The van der Waals surface area contributed by atoms with E-state index in [4.69, 9.17) is 10.2 Å². The minimum absolute atomic E-state index is 0.115. The molecular formula is C10H24N2O2. The lowest BCUT2D eigenvalue weighted by Crippen LogP contribution is -2.50. The van der Waals surface area contributed by atoms with Crippen molar-refractivity contribution in [2.24, 2.45) is 0 Å². The second-order valence-electron chi connectivity index (χ2n) is 3.63. The van der Waals surface area contributed by atoms with Crippen molar-refractivity contribution in [1.29, 1.82) is 0 Å². The van der Waals surface area contributed by atoms with Crippen LogP contribution in [-0.2, 0) is 0 Å². The van der Waals surface area contributed by atoms with Gasteiger partial charge < -0.3 is 10.2 Å². The highest BCUT2D eigenvalue weighted by atomic mass is 16.3. The molecule has 86 valence electrons. The summed E-state index contributed by atoms with van der Waals surface area (Å²) in [4.78, 5) is 0. The maximum Gasteiger partial charge on any atom is 0.0585 e. The van der Waals surface area contributed by atoms with Crippen molar-refractivity contribution >= 4 is 0 Å². The molecule has 4 N–H and O–H groups in total. The Morgan fingerprint density at radius 3 is 1.50 bits per heavy atom. The first-order valence-corrected chi connectivity index (χ1v) is 5.41. The summed E-state index contributed by atoms with van der Waals surface area (Å²) in [5, 5.41) is 24.5. The van der Waals surface area contributed by atoms with Gasteiger partial charge in [-0.15, -0.1) is 0 Å². The lowest BCUT2D eigenvalue weighted by atomic mass is 10.2. The average molecular weight is 204 g/mol. The van der Waals surface area contributed by atoms with Gasteiger partial charge in [-0.05, 0) is 19.8 Å². The van der Waals surface area contributed by atoms with Crippen LogP contribution in [0.4, 0.5) is 0 Å². The van der Waals surface area contributed by atoms with E-state index in [1.165, 1.54) is 0 Å². The summed E-state index contributed by atoms with van der Waals surface area (Å²) in [6.07, 6.45) is 1.92. The number of hydrogen-bond acceptors (Lipinski definition) is 4. The molecule has 0 rings (SSSR count). The number of aliphatic hydroxyl groups excluding tert-OH is 2. The molecule has 0 amide bonds. The predicted octanol–water partition coefficient (Wildman–Crippen LogP) is 0.0534. The first-order valence-electron chi connectivity index (χ1n) is 5.41. The molecule has 0 bridgehead atoms. The molecular weight excluding hydrogens is 180 g/mol. The van der Waals surface area contributed by atoms with E-state index >= 15 is 0 Å². The van der Waals surface area contributed by atoms with E-state index < -0.39 is 0 Å². The van der Waals surface area contributed by atoms with Gasteiger partial charge in [0, 0.05) is 12.1 Å². The molecule has 0 aromatic heterocycles. The Kier molecular flexibility index (Phi) is 8.08. The quantitative estimate of drug-likeness (QED) is 0.422. The maximum absolute atomic E-state index is 8.98. The molecule has 0 aromatic rings. The molecule has 0 saturated heterocycles. The molecule has 0 aliphatic heterocycles. The Hall–Kier alpha value is -0.160. The molecule has 0 heterocycles. The van der Waals surface area contributed by atoms with E-state index in [9.17, 15) is 0 Å². The lowest BCUT2D eigenvalue weighted by molar-refractivity contribution is 0.195. The average Bonchev–Trinajstić information content (AvgIpc) is 2.22. The van der Waals surface area contributed by atoms with Crippen molar-refractivity contribution in [3.63, 3.8) is 0 Å². The van der Waals surface area contributed by atoms with Gasteiger partial charge in [-0.3, -0.25) is 10.6 Å². The standard InChI is InChI=1S/C10H24N2O2/c1-4-9(6-13)11-8(3)12-10(5-2)7-14/h8-14H,4-7H2,1-3H3. The van der Waals surface area contributed by atoms with Crippen LogP contribution in [0.5, 0.6) is 0 Å². The summed E-state index contributed by atoms with van der Waals surface area (Å²) in [5.74, 6) is 0. The zero-order valence-electron chi connectivity index (χ0n) is 9.45. The van der Waals surface area contributed by atoms with Gasteiger partial charge in [0.2, 0.25) is 0 Å². The molecule has 2 unspecified atom stereocenters. The van der Waals surface area contributed by atoms with Gasteiger partial charge in [0.1, 0.15) is 0 Å². The number of aliphatic hydroxyl groups is 2. The highest BCUT2D eigenvalue weighted by Crippen LogP contribution is 1.94. The minimum atomic E-state index is 0.115. The van der Waals surface area contributed by atoms with Crippen LogP contribution in [0, 0.1) is 0 Å². The van der Waals surface area contributed by atoms with Crippen LogP contribution in [0.3, 0.4) is 0 Å². The van der Waals surface area contributed by atoms with Crippen LogP contribution in [0.25, 0.3) is 0 Å². The van der Waals surface area contributed by atoms with Crippen LogP contribution in [0.1, 0.15) is 33.6 Å².